The Balaban J connectivity index is 1.90. The lowest BCUT2D eigenvalue weighted by Gasteiger charge is -2.06. The number of anilines is 1. The quantitative estimate of drug-likeness (QED) is 0.242. The van der Waals surface area contributed by atoms with E-state index >= 15 is 0 Å². The average Bonchev–Trinajstić information content (AvgIpc) is 2.69. The first-order valence-electron chi connectivity index (χ1n) is 9.34. The van der Waals surface area contributed by atoms with Crippen molar-refractivity contribution < 1.29 is 4.92 Å². The van der Waals surface area contributed by atoms with Crippen molar-refractivity contribution in [2.24, 2.45) is 0 Å². The van der Waals surface area contributed by atoms with Gasteiger partial charge < -0.3 is 5.32 Å². The number of nitriles is 1. The molecule has 5 nitrogen and oxygen atoms in total. The summed E-state index contributed by atoms with van der Waals surface area (Å²) in [4.78, 5) is 10.3. The Morgan fingerprint density at radius 2 is 1.70 bits per heavy atom. The molecule has 0 aliphatic carbocycles. The van der Waals surface area contributed by atoms with E-state index in [0.717, 1.165) is 23.4 Å². The summed E-state index contributed by atoms with van der Waals surface area (Å²) in [5.74, 6) is 0. The molecule has 0 saturated heterocycles. The van der Waals surface area contributed by atoms with E-state index in [0.29, 0.717) is 0 Å². The average molecular weight is 363 g/mol. The van der Waals surface area contributed by atoms with Crippen molar-refractivity contribution >= 4 is 23.5 Å². The van der Waals surface area contributed by atoms with Crippen LogP contribution in [0.1, 0.15) is 55.7 Å². The molecule has 1 N–H and O–H groups in total. The molecule has 0 amide bonds. The second kappa shape index (κ2) is 10.8. The van der Waals surface area contributed by atoms with Crippen LogP contribution in [0, 0.1) is 21.4 Å². The third-order valence-electron chi connectivity index (χ3n) is 4.33. The monoisotopic (exact) mass is 363 g/mol. The van der Waals surface area contributed by atoms with E-state index in [1.54, 1.807) is 6.07 Å². The molecule has 0 unspecified atom stereocenters. The zero-order valence-corrected chi connectivity index (χ0v) is 15.6. The SMILES string of the molecule is CCCCCCCNc1ccc(C=Cc2ccc([N+](=O)[O-])c(C#N)c2)cc1. The van der Waals surface area contributed by atoms with E-state index in [1.807, 2.05) is 42.5 Å². The largest absolute Gasteiger partial charge is 0.385 e. The Labute approximate surface area is 160 Å². The van der Waals surface area contributed by atoms with Crippen LogP contribution in [0.5, 0.6) is 0 Å². The molecule has 0 fully saturated rings. The van der Waals surface area contributed by atoms with E-state index in [4.69, 9.17) is 5.26 Å². The van der Waals surface area contributed by atoms with Gasteiger partial charge in [0.25, 0.3) is 5.69 Å². The van der Waals surface area contributed by atoms with E-state index in [2.05, 4.69) is 12.2 Å². The lowest BCUT2D eigenvalue weighted by Crippen LogP contribution is -2.01. The summed E-state index contributed by atoms with van der Waals surface area (Å²) < 4.78 is 0. The van der Waals surface area contributed by atoms with Crippen molar-refractivity contribution in [2.45, 2.75) is 39.0 Å². The first-order chi connectivity index (χ1) is 13.1. The van der Waals surface area contributed by atoms with Gasteiger partial charge in [-0.05, 0) is 41.8 Å². The van der Waals surface area contributed by atoms with Crippen molar-refractivity contribution in [3.63, 3.8) is 0 Å². The van der Waals surface area contributed by atoms with Crippen molar-refractivity contribution in [3.8, 4) is 6.07 Å². The van der Waals surface area contributed by atoms with Gasteiger partial charge in [-0.3, -0.25) is 10.1 Å². The molecule has 2 aromatic rings. The highest BCUT2D eigenvalue weighted by molar-refractivity contribution is 5.72. The van der Waals surface area contributed by atoms with Gasteiger partial charge in [-0.1, -0.05) is 56.9 Å². The predicted molar refractivity (Wildman–Crippen MR) is 110 cm³/mol. The number of benzene rings is 2. The number of nitrogens with one attached hydrogen (secondary N) is 1. The van der Waals surface area contributed by atoms with Crippen molar-refractivity contribution in [3.05, 3.63) is 69.3 Å². The van der Waals surface area contributed by atoms with Gasteiger partial charge in [0.2, 0.25) is 0 Å². The summed E-state index contributed by atoms with van der Waals surface area (Å²) in [6, 6.07) is 14.5. The number of rotatable bonds is 10. The number of unbranched alkanes of at least 4 members (excludes halogenated alkanes) is 4. The highest BCUT2D eigenvalue weighted by atomic mass is 16.6. The van der Waals surface area contributed by atoms with E-state index in [9.17, 15) is 10.1 Å². The molecular formula is C22H25N3O2. The maximum absolute atomic E-state index is 10.9. The summed E-state index contributed by atoms with van der Waals surface area (Å²) >= 11 is 0. The normalized spacial score (nSPS) is 10.7. The van der Waals surface area contributed by atoms with E-state index in [1.165, 1.54) is 44.2 Å². The summed E-state index contributed by atoms with van der Waals surface area (Å²) in [5.41, 5.74) is 2.79. The van der Waals surface area contributed by atoms with Gasteiger partial charge in [0.1, 0.15) is 11.6 Å². The maximum atomic E-state index is 10.9. The molecule has 0 heterocycles. The summed E-state index contributed by atoms with van der Waals surface area (Å²) in [5, 5.41) is 23.4. The first kappa shape index (κ1) is 20.2. The highest BCUT2D eigenvalue weighted by Gasteiger charge is 2.12. The second-order valence-corrected chi connectivity index (χ2v) is 6.44. The van der Waals surface area contributed by atoms with Crippen molar-refractivity contribution in [1.29, 1.82) is 5.26 Å². The van der Waals surface area contributed by atoms with Crippen LogP contribution in [0.2, 0.25) is 0 Å². The number of hydrogen-bond acceptors (Lipinski definition) is 4. The molecule has 0 aromatic heterocycles. The molecule has 0 saturated carbocycles. The molecule has 5 heteroatoms. The molecular weight excluding hydrogens is 338 g/mol. The van der Waals surface area contributed by atoms with Gasteiger partial charge in [-0.15, -0.1) is 0 Å². The fourth-order valence-electron chi connectivity index (χ4n) is 2.77. The van der Waals surface area contributed by atoms with Gasteiger partial charge >= 0.3 is 0 Å². The third-order valence-corrected chi connectivity index (χ3v) is 4.33. The Kier molecular flexibility index (Phi) is 8.05. The van der Waals surface area contributed by atoms with E-state index in [-0.39, 0.29) is 11.3 Å². The molecule has 0 aliphatic heterocycles. The van der Waals surface area contributed by atoms with Crippen LogP contribution in [0.15, 0.2) is 42.5 Å². The number of hydrogen-bond donors (Lipinski definition) is 1. The summed E-state index contributed by atoms with van der Waals surface area (Å²) in [7, 11) is 0. The van der Waals surface area contributed by atoms with Crippen molar-refractivity contribution in [2.75, 3.05) is 11.9 Å². The maximum Gasteiger partial charge on any atom is 0.287 e. The molecule has 2 rings (SSSR count). The van der Waals surface area contributed by atoms with Gasteiger partial charge in [0.15, 0.2) is 0 Å². The molecule has 0 aliphatic rings. The minimum atomic E-state index is -0.540. The summed E-state index contributed by atoms with van der Waals surface area (Å²) in [6.45, 7) is 3.21. The minimum Gasteiger partial charge on any atom is -0.385 e. The second-order valence-electron chi connectivity index (χ2n) is 6.44. The Hall–Kier alpha value is -3.13. The molecule has 0 spiro atoms. The smallest absolute Gasteiger partial charge is 0.287 e. The summed E-state index contributed by atoms with van der Waals surface area (Å²) in [6.07, 6.45) is 10.1. The zero-order chi connectivity index (χ0) is 19.5. The molecule has 0 radical (unpaired) electrons. The van der Waals surface area contributed by atoms with Crippen molar-refractivity contribution in [1.82, 2.24) is 0 Å². The van der Waals surface area contributed by atoms with Gasteiger partial charge in [-0.2, -0.15) is 5.26 Å². The van der Waals surface area contributed by atoms with Crippen LogP contribution in [0.4, 0.5) is 11.4 Å². The number of nitro groups is 1. The highest BCUT2D eigenvalue weighted by Crippen LogP contribution is 2.20. The topological polar surface area (TPSA) is 79.0 Å². The molecule has 140 valence electrons. The standard InChI is InChI=1S/C22H25N3O2/c1-2-3-4-5-6-15-24-21-12-9-18(10-13-21)7-8-19-11-14-22(25(26)27)20(16-19)17-23/h7-14,16,24H,2-6,15H2,1H3. The minimum absolute atomic E-state index is 0.0700. The predicted octanol–water partition coefficient (Wildman–Crippen LogP) is 6.02. The fourth-order valence-corrected chi connectivity index (χ4v) is 2.77. The van der Waals surface area contributed by atoms with Crippen LogP contribution in [-0.2, 0) is 0 Å². The van der Waals surface area contributed by atoms with Gasteiger partial charge in [0.05, 0.1) is 4.92 Å². The van der Waals surface area contributed by atoms with Crippen LogP contribution >= 0.6 is 0 Å². The van der Waals surface area contributed by atoms with E-state index < -0.39 is 4.92 Å². The Morgan fingerprint density at radius 3 is 2.37 bits per heavy atom. The molecule has 2 aromatic carbocycles. The molecule has 0 atom stereocenters. The number of nitrogens with zero attached hydrogens (tertiary/aromatic N) is 2. The first-order valence-corrected chi connectivity index (χ1v) is 9.34. The fraction of sp³-hybridized carbons (Fsp3) is 0.318. The lowest BCUT2D eigenvalue weighted by molar-refractivity contribution is -0.385. The van der Waals surface area contributed by atoms with Crippen LogP contribution in [-0.4, -0.2) is 11.5 Å². The Bertz CT molecular complexity index is 820. The third kappa shape index (κ3) is 6.59. The van der Waals surface area contributed by atoms with Crippen LogP contribution in [0.3, 0.4) is 0 Å². The molecule has 0 bridgehead atoms. The van der Waals surface area contributed by atoms with Crippen LogP contribution < -0.4 is 5.32 Å². The molecule has 27 heavy (non-hydrogen) atoms. The number of nitro benzene ring substituents is 1. The lowest BCUT2D eigenvalue weighted by atomic mass is 10.1. The zero-order valence-electron chi connectivity index (χ0n) is 15.6. The van der Waals surface area contributed by atoms with Crippen LogP contribution in [0.25, 0.3) is 12.2 Å². The van der Waals surface area contributed by atoms with Gasteiger partial charge in [-0.25, -0.2) is 0 Å². The Morgan fingerprint density at radius 1 is 1.04 bits per heavy atom. The van der Waals surface area contributed by atoms with Gasteiger partial charge in [0, 0.05) is 18.3 Å².